The number of ether oxygens (including phenoxy) is 1. The number of rotatable bonds is 5. The number of hydrogen-bond donors (Lipinski definition) is 1. The van der Waals surface area contributed by atoms with Crippen LogP contribution in [0.3, 0.4) is 0 Å². The number of nitro groups is 1. The Labute approximate surface area is 159 Å². The molecule has 1 aliphatic rings. The lowest BCUT2D eigenvalue weighted by Crippen LogP contribution is -2.28. The molecule has 1 fully saturated rings. The lowest BCUT2D eigenvalue weighted by atomic mass is 10.1. The van der Waals surface area contributed by atoms with Crippen LogP contribution in [0.1, 0.15) is 6.42 Å². The second-order valence-electron chi connectivity index (χ2n) is 5.99. The van der Waals surface area contributed by atoms with Crippen LogP contribution in [0.2, 0.25) is 5.02 Å². The Morgan fingerprint density at radius 3 is 2.74 bits per heavy atom. The van der Waals surface area contributed by atoms with Gasteiger partial charge in [-0.05, 0) is 18.2 Å². The van der Waals surface area contributed by atoms with Gasteiger partial charge in [-0.2, -0.15) is 0 Å². The second kappa shape index (κ2) is 7.63. The maximum Gasteiger partial charge on any atom is 0.273 e. The molecule has 2 amide bonds. The number of non-ortho nitro benzene ring substituents is 1. The van der Waals surface area contributed by atoms with Gasteiger partial charge in [0.2, 0.25) is 11.8 Å². The van der Waals surface area contributed by atoms with Crippen molar-refractivity contribution in [2.24, 2.45) is 5.92 Å². The molecule has 2 aromatic carbocycles. The Hall–Kier alpha value is -3.13. The van der Waals surface area contributed by atoms with Crippen LogP contribution in [0.25, 0.3) is 0 Å². The number of amides is 2. The third-order valence-corrected chi connectivity index (χ3v) is 4.62. The molecule has 27 heavy (non-hydrogen) atoms. The molecule has 0 radical (unpaired) electrons. The maximum absolute atomic E-state index is 12.5. The number of anilines is 2. The summed E-state index contributed by atoms with van der Waals surface area (Å²) in [7, 11) is 1.37. The van der Waals surface area contributed by atoms with Gasteiger partial charge in [0.25, 0.3) is 5.69 Å². The first-order valence-electron chi connectivity index (χ1n) is 8.09. The first-order chi connectivity index (χ1) is 12.9. The van der Waals surface area contributed by atoms with E-state index in [2.05, 4.69) is 5.32 Å². The average molecular weight is 390 g/mol. The zero-order chi connectivity index (χ0) is 19.6. The summed E-state index contributed by atoms with van der Waals surface area (Å²) in [6, 6.07) is 10.8. The monoisotopic (exact) mass is 389 g/mol. The largest absolute Gasteiger partial charge is 0.494 e. The van der Waals surface area contributed by atoms with Crippen molar-refractivity contribution in [2.75, 3.05) is 23.9 Å². The van der Waals surface area contributed by atoms with Gasteiger partial charge in [-0.3, -0.25) is 19.7 Å². The molecule has 0 unspecified atom stereocenters. The third-order valence-electron chi connectivity index (χ3n) is 4.29. The van der Waals surface area contributed by atoms with E-state index in [0.29, 0.717) is 16.4 Å². The molecular weight excluding hydrogens is 374 g/mol. The molecule has 1 heterocycles. The van der Waals surface area contributed by atoms with Crippen LogP contribution in [-0.4, -0.2) is 30.4 Å². The Bertz CT molecular complexity index is 918. The number of methoxy groups -OCH3 is 1. The zero-order valence-electron chi connectivity index (χ0n) is 14.3. The van der Waals surface area contributed by atoms with Crippen LogP contribution in [-0.2, 0) is 9.59 Å². The van der Waals surface area contributed by atoms with Gasteiger partial charge in [0.15, 0.2) is 0 Å². The Balaban J connectivity index is 1.78. The molecule has 1 atom stereocenters. The Morgan fingerprint density at radius 1 is 1.33 bits per heavy atom. The van der Waals surface area contributed by atoms with Crippen LogP contribution in [0.15, 0.2) is 42.5 Å². The fraction of sp³-hybridized carbons (Fsp3) is 0.222. The molecule has 1 saturated heterocycles. The highest BCUT2D eigenvalue weighted by Gasteiger charge is 2.36. The number of nitrogens with zero attached hydrogens (tertiary/aromatic N) is 2. The predicted molar refractivity (Wildman–Crippen MR) is 100 cm³/mol. The highest BCUT2D eigenvalue weighted by atomic mass is 35.5. The van der Waals surface area contributed by atoms with Crippen molar-refractivity contribution in [1.82, 2.24) is 0 Å². The number of carbonyl (C=O) groups excluding carboxylic acids is 2. The van der Waals surface area contributed by atoms with Crippen molar-refractivity contribution < 1.29 is 19.2 Å². The minimum Gasteiger partial charge on any atom is -0.494 e. The van der Waals surface area contributed by atoms with Crippen molar-refractivity contribution in [2.45, 2.75) is 6.42 Å². The van der Waals surface area contributed by atoms with Crippen molar-refractivity contribution in [3.8, 4) is 5.75 Å². The van der Waals surface area contributed by atoms with Crippen molar-refractivity contribution in [1.29, 1.82) is 0 Å². The van der Waals surface area contributed by atoms with Gasteiger partial charge in [0, 0.05) is 19.0 Å². The van der Waals surface area contributed by atoms with E-state index in [-0.39, 0.29) is 36.2 Å². The number of carbonyl (C=O) groups is 2. The van der Waals surface area contributed by atoms with E-state index in [4.69, 9.17) is 16.3 Å². The van der Waals surface area contributed by atoms with Gasteiger partial charge in [-0.25, -0.2) is 0 Å². The molecule has 1 N–H and O–H groups in total. The topological polar surface area (TPSA) is 102 Å². The van der Waals surface area contributed by atoms with E-state index in [1.807, 2.05) is 0 Å². The number of hydrogen-bond acceptors (Lipinski definition) is 5. The number of nitro benzene ring substituents is 1. The summed E-state index contributed by atoms with van der Waals surface area (Å²) in [6.45, 7) is 0.142. The maximum atomic E-state index is 12.5. The lowest BCUT2D eigenvalue weighted by molar-refractivity contribution is -0.384. The first kappa shape index (κ1) is 18.7. The van der Waals surface area contributed by atoms with Crippen LogP contribution in [0.4, 0.5) is 17.1 Å². The van der Waals surface area contributed by atoms with Crippen LogP contribution >= 0.6 is 11.6 Å². The molecule has 2 aromatic rings. The second-order valence-corrected chi connectivity index (χ2v) is 6.39. The fourth-order valence-electron chi connectivity index (χ4n) is 2.92. The molecule has 8 nitrogen and oxygen atoms in total. The average Bonchev–Trinajstić information content (AvgIpc) is 3.04. The summed E-state index contributed by atoms with van der Waals surface area (Å²) in [5, 5.41) is 14.0. The summed E-state index contributed by atoms with van der Waals surface area (Å²) in [4.78, 5) is 36.7. The molecule has 0 spiro atoms. The van der Waals surface area contributed by atoms with Gasteiger partial charge in [-0.1, -0.05) is 23.7 Å². The molecule has 1 aliphatic heterocycles. The fourth-order valence-corrected chi connectivity index (χ4v) is 3.10. The van der Waals surface area contributed by atoms with E-state index in [1.165, 1.54) is 30.2 Å². The van der Waals surface area contributed by atoms with Crippen LogP contribution in [0.5, 0.6) is 5.75 Å². The number of benzene rings is 2. The predicted octanol–water partition coefficient (Wildman–Crippen LogP) is 3.25. The van der Waals surface area contributed by atoms with Crippen molar-refractivity contribution in [3.63, 3.8) is 0 Å². The number of para-hydroxylation sites is 1. The molecular formula is C18H16ClN3O5. The number of halogens is 1. The van der Waals surface area contributed by atoms with E-state index < -0.39 is 10.8 Å². The molecule has 140 valence electrons. The summed E-state index contributed by atoms with van der Waals surface area (Å²) in [5.41, 5.74) is 0.722. The smallest absolute Gasteiger partial charge is 0.273 e. The lowest BCUT2D eigenvalue weighted by Gasteiger charge is -2.19. The zero-order valence-corrected chi connectivity index (χ0v) is 15.1. The summed E-state index contributed by atoms with van der Waals surface area (Å²) < 4.78 is 5.19. The van der Waals surface area contributed by atoms with E-state index in [0.717, 1.165) is 0 Å². The molecule has 0 aliphatic carbocycles. The molecule has 0 bridgehead atoms. The quantitative estimate of drug-likeness (QED) is 0.624. The third kappa shape index (κ3) is 3.85. The summed E-state index contributed by atoms with van der Waals surface area (Å²) >= 11 is 6.04. The molecule has 9 heteroatoms. The van der Waals surface area contributed by atoms with E-state index in [1.54, 1.807) is 24.3 Å². The van der Waals surface area contributed by atoms with E-state index in [9.17, 15) is 19.7 Å². The Kier molecular flexibility index (Phi) is 5.27. The van der Waals surface area contributed by atoms with Gasteiger partial charge >= 0.3 is 0 Å². The normalized spacial score (nSPS) is 16.3. The van der Waals surface area contributed by atoms with Gasteiger partial charge in [0.05, 0.1) is 40.4 Å². The minimum atomic E-state index is -0.575. The van der Waals surface area contributed by atoms with Gasteiger partial charge in [-0.15, -0.1) is 0 Å². The van der Waals surface area contributed by atoms with Crippen molar-refractivity contribution >= 4 is 40.5 Å². The molecule has 3 rings (SSSR count). The summed E-state index contributed by atoms with van der Waals surface area (Å²) in [5.74, 6) is -0.959. The van der Waals surface area contributed by atoms with Gasteiger partial charge in [0.1, 0.15) is 5.75 Å². The highest BCUT2D eigenvalue weighted by Crippen LogP contribution is 2.36. The summed E-state index contributed by atoms with van der Waals surface area (Å²) in [6.07, 6.45) is 0.0242. The highest BCUT2D eigenvalue weighted by molar-refractivity contribution is 6.33. The van der Waals surface area contributed by atoms with Gasteiger partial charge < -0.3 is 15.0 Å². The van der Waals surface area contributed by atoms with E-state index >= 15 is 0 Å². The minimum absolute atomic E-state index is 0.0242. The van der Waals surface area contributed by atoms with Crippen molar-refractivity contribution in [3.05, 3.63) is 57.6 Å². The van der Waals surface area contributed by atoms with Crippen LogP contribution in [0, 0.1) is 16.0 Å². The SMILES string of the molecule is COc1cc([N+](=O)[O-])ccc1N1C[C@H](C(=O)Nc2ccccc2Cl)CC1=O. The Morgan fingerprint density at radius 2 is 2.07 bits per heavy atom. The molecule has 0 saturated carbocycles. The first-order valence-corrected chi connectivity index (χ1v) is 8.46. The molecule has 0 aromatic heterocycles. The number of nitrogens with one attached hydrogen (secondary N) is 1. The van der Waals surface area contributed by atoms with Crippen LogP contribution < -0.4 is 15.0 Å². The standard InChI is InChI=1S/C18H16ClN3O5/c1-27-16-9-12(22(25)26)6-7-15(16)21-10-11(8-17(21)23)18(24)20-14-5-3-2-4-13(14)19/h2-7,9,11H,8,10H2,1H3,(H,20,24)/t11-/m1/s1.